The highest BCUT2D eigenvalue weighted by Gasteiger charge is 2.12. The highest BCUT2D eigenvalue weighted by molar-refractivity contribution is 7.89. The molecule has 0 aliphatic carbocycles. The van der Waals surface area contributed by atoms with E-state index in [-0.39, 0.29) is 0 Å². The molecule has 0 aliphatic heterocycles. The number of benzene rings is 2. The Balaban J connectivity index is 1.60. The van der Waals surface area contributed by atoms with Crippen LogP contribution >= 0.6 is 0 Å². The van der Waals surface area contributed by atoms with Gasteiger partial charge in [-0.05, 0) is 56.5 Å². The maximum absolute atomic E-state index is 12.2. The molecule has 1 heterocycles. The van der Waals surface area contributed by atoms with E-state index in [0.29, 0.717) is 11.4 Å². The summed E-state index contributed by atoms with van der Waals surface area (Å²) >= 11 is 0. The molecule has 3 aromatic rings. The summed E-state index contributed by atoms with van der Waals surface area (Å²) in [6, 6.07) is 13.2. The van der Waals surface area contributed by atoms with E-state index in [9.17, 15) is 8.42 Å². The Morgan fingerprint density at radius 1 is 1.00 bits per heavy atom. The molecular weight excluding hydrogens is 320 g/mol. The van der Waals surface area contributed by atoms with Crippen LogP contribution < -0.4 is 4.72 Å². The van der Waals surface area contributed by atoms with E-state index in [0.717, 1.165) is 23.9 Å². The number of rotatable bonds is 6. The molecule has 0 spiro atoms. The number of aromatic nitrogens is 1. The van der Waals surface area contributed by atoms with Gasteiger partial charge in [-0.25, -0.2) is 13.1 Å². The number of fused-ring (bicyclic) bond motifs is 1. The zero-order valence-electron chi connectivity index (χ0n) is 14.0. The molecule has 0 bridgehead atoms. The molecule has 0 unspecified atom stereocenters. The van der Waals surface area contributed by atoms with E-state index in [1.165, 1.54) is 16.5 Å². The van der Waals surface area contributed by atoms with Gasteiger partial charge in [0, 0.05) is 23.6 Å². The van der Waals surface area contributed by atoms with Crippen LogP contribution in [-0.2, 0) is 16.4 Å². The van der Waals surface area contributed by atoms with Gasteiger partial charge in [0.1, 0.15) is 0 Å². The predicted octanol–water partition coefficient (Wildman–Crippen LogP) is 3.70. The first-order chi connectivity index (χ1) is 11.5. The average molecular weight is 342 g/mol. The number of nitrogens with one attached hydrogen (secondary N) is 2. The van der Waals surface area contributed by atoms with Gasteiger partial charge < -0.3 is 4.98 Å². The fourth-order valence-corrected chi connectivity index (χ4v) is 3.86. The minimum Gasteiger partial charge on any atom is -0.361 e. The molecule has 3 rings (SSSR count). The monoisotopic (exact) mass is 342 g/mol. The highest BCUT2D eigenvalue weighted by Crippen LogP contribution is 2.20. The lowest BCUT2D eigenvalue weighted by Gasteiger charge is -2.07. The second-order valence-corrected chi connectivity index (χ2v) is 7.94. The number of hydrogen-bond donors (Lipinski definition) is 2. The Morgan fingerprint density at radius 3 is 2.46 bits per heavy atom. The zero-order chi connectivity index (χ0) is 17.2. The van der Waals surface area contributed by atoms with Crippen molar-refractivity contribution in [3.63, 3.8) is 0 Å². The number of aryl methyl sites for hydroxylation is 3. The average Bonchev–Trinajstić information content (AvgIpc) is 2.94. The summed E-state index contributed by atoms with van der Waals surface area (Å²) in [4.78, 5) is 3.58. The molecule has 2 N–H and O–H groups in total. The number of aromatic amines is 1. The van der Waals surface area contributed by atoms with Crippen LogP contribution in [0.1, 0.15) is 23.1 Å². The molecule has 5 heteroatoms. The first kappa shape index (κ1) is 16.7. The number of sulfonamides is 1. The van der Waals surface area contributed by atoms with E-state index in [1.54, 1.807) is 12.1 Å². The van der Waals surface area contributed by atoms with Gasteiger partial charge in [0.15, 0.2) is 0 Å². The molecule has 2 aromatic carbocycles. The molecule has 0 aliphatic rings. The van der Waals surface area contributed by atoms with E-state index in [2.05, 4.69) is 34.8 Å². The molecule has 24 heavy (non-hydrogen) atoms. The molecule has 0 saturated heterocycles. The third-order valence-corrected chi connectivity index (χ3v) is 5.65. The fourth-order valence-electron chi connectivity index (χ4n) is 2.79. The van der Waals surface area contributed by atoms with Crippen LogP contribution in [0.5, 0.6) is 0 Å². The van der Waals surface area contributed by atoms with Gasteiger partial charge in [0.25, 0.3) is 0 Å². The first-order valence-electron chi connectivity index (χ1n) is 8.09. The predicted molar refractivity (Wildman–Crippen MR) is 97.7 cm³/mol. The summed E-state index contributed by atoms with van der Waals surface area (Å²) in [5, 5.41) is 1.22. The van der Waals surface area contributed by atoms with E-state index < -0.39 is 10.0 Å². The van der Waals surface area contributed by atoms with Crippen LogP contribution in [0.4, 0.5) is 0 Å². The Morgan fingerprint density at radius 2 is 1.71 bits per heavy atom. The van der Waals surface area contributed by atoms with E-state index >= 15 is 0 Å². The zero-order valence-corrected chi connectivity index (χ0v) is 14.8. The van der Waals surface area contributed by atoms with Crippen molar-refractivity contribution in [1.82, 2.24) is 9.71 Å². The van der Waals surface area contributed by atoms with Crippen molar-refractivity contribution in [2.75, 3.05) is 6.54 Å². The second kappa shape index (κ2) is 6.79. The van der Waals surface area contributed by atoms with Crippen molar-refractivity contribution in [2.24, 2.45) is 0 Å². The third kappa shape index (κ3) is 3.68. The second-order valence-electron chi connectivity index (χ2n) is 6.18. The Labute approximate surface area is 143 Å². The van der Waals surface area contributed by atoms with Gasteiger partial charge in [-0.1, -0.05) is 29.3 Å². The van der Waals surface area contributed by atoms with Gasteiger partial charge in [0.05, 0.1) is 4.90 Å². The summed E-state index contributed by atoms with van der Waals surface area (Å²) < 4.78 is 27.2. The number of H-pyrrole nitrogens is 1. The molecule has 0 saturated carbocycles. The Kier molecular flexibility index (Phi) is 4.73. The Hall–Kier alpha value is -2.11. The minimum atomic E-state index is -3.43. The van der Waals surface area contributed by atoms with E-state index in [1.807, 2.05) is 25.3 Å². The van der Waals surface area contributed by atoms with Crippen LogP contribution in [-0.4, -0.2) is 19.9 Å². The van der Waals surface area contributed by atoms with Crippen LogP contribution in [0.15, 0.2) is 53.6 Å². The minimum absolute atomic E-state index is 0.316. The van der Waals surface area contributed by atoms with Crippen LogP contribution in [0.3, 0.4) is 0 Å². The van der Waals surface area contributed by atoms with Crippen molar-refractivity contribution >= 4 is 20.9 Å². The van der Waals surface area contributed by atoms with Crippen LogP contribution in [0.25, 0.3) is 10.9 Å². The highest BCUT2D eigenvalue weighted by atomic mass is 32.2. The van der Waals surface area contributed by atoms with Crippen molar-refractivity contribution in [3.05, 3.63) is 65.4 Å². The smallest absolute Gasteiger partial charge is 0.240 e. The van der Waals surface area contributed by atoms with Crippen molar-refractivity contribution in [1.29, 1.82) is 0 Å². The van der Waals surface area contributed by atoms with Gasteiger partial charge >= 0.3 is 0 Å². The lowest BCUT2D eigenvalue weighted by Crippen LogP contribution is -2.25. The molecule has 1 aromatic heterocycles. The standard InChI is InChI=1S/C19H22N2O2S/c1-14-5-8-17(9-6-14)24(22,23)21-11-3-4-16-13-20-19-10-7-15(2)12-18(16)19/h5-10,12-13,20-21H,3-4,11H2,1-2H3. The summed E-state index contributed by atoms with van der Waals surface area (Å²) in [6.45, 7) is 4.44. The summed E-state index contributed by atoms with van der Waals surface area (Å²) in [6.07, 6.45) is 3.60. The van der Waals surface area contributed by atoms with Crippen molar-refractivity contribution in [3.8, 4) is 0 Å². The first-order valence-corrected chi connectivity index (χ1v) is 9.57. The Bertz CT molecular complexity index is 941. The quantitative estimate of drug-likeness (QED) is 0.671. The van der Waals surface area contributed by atoms with Crippen molar-refractivity contribution in [2.45, 2.75) is 31.6 Å². The largest absolute Gasteiger partial charge is 0.361 e. The third-order valence-electron chi connectivity index (χ3n) is 4.17. The van der Waals surface area contributed by atoms with Gasteiger partial charge in [0.2, 0.25) is 10.0 Å². The maximum atomic E-state index is 12.2. The number of hydrogen-bond acceptors (Lipinski definition) is 2. The topological polar surface area (TPSA) is 62.0 Å². The summed E-state index contributed by atoms with van der Waals surface area (Å²) in [7, 11) is -3.43. The van der Waals surface area contributed by atoms with Crippen LogP contribution in [0.2, 0.25) is 0 Å². The van der Waals surface area contributed by atoms with Crippen LogP contribution in [0, 0.1) is 13.8 Å². The molecular formula is C19H22N2O2S. The SMILES string of the molecule is Cc1ccc(S(=O)(=O)NCCCc2c[nH]c3ccc(C)cc23)cc1. The van der Waals surface area contributed by atoms with Crippen molar-refractivity contribution < 1.29 is 8.42 Å². The summed E-state index contributed by atoms with van der Waals surface area (Å²) in [5.41, 5.74) is 4.62. The normalized spacial score (nSPS) is 11.9. The molecule has 0 atom stereocenters. The molecule has 0 radical (unpaired) electrons. The molecule has 0 fully saturated rings. The van der Waals surface area contributed by atoms with Gasteiger partial charge in [-0.2, -0.15) is 0 Å². The van der Waals surface area contributed by atoms with Gasteiger partial charge in [-0.15, -0.1) is 0 Å². The molecule has 126 valence electrons. The maximum Gasteiger partial charge on any atom is 0.240 e. The van der Waals surface area contributed by atoms with Gasteiger partial charge in [-0.3, -0.25) is 0 Å². The lowest BCUT2D eigenvalue weighted by molar-refractivity contribution is 0.579. The van der Waals surface area contributed by atoms with E-state index in [4.69, 9.17) is 0 Å². The lowest BCUT2D eigenvalue weighted by atomic mass is 10.1. The summed E-state index contributed by atoms with van der Waals surface area (Å²) in [5.74, 6) is 0. The molecule has 0 amide bonds. The fraction of sp³-hybridized carbons (Fsp3) is 0.263. The molecule has 4 nitrogen and oxygen atoms in total.